The van der Waals surface area contributed by atoms with Crippen LogP contribution in [-0.4, -0.2) is 78.1 Å². The van der Waals surface area contributed by atoms with Crippen LogP contribution in [0.15, 0.2) is 47.7 Å². The topological polar surface area (TPSA) is 80.9 Å². The summed E-state index contributed by atoms with van der Waals surface area (Å²) in [6, 6.07) is 10.7. The highest BCUT2D eigenvalue weighted by molar-refractivity contribution is 5.79. The zero-order chi connectivity index (χ0) is 22.1. The molecule has 1 unspecified atom stereocenters. The summed E-state index contributed by atoms with van der Waals surface area (Å²) in [6.45, 7) is 11.1. The fraction of sp³-hybridized carbons (Fsp3) is 0.565. The van der Waals surface area contributed by atoms with Crippen molar-refractivity contribution in [1.29, 1.82) is 0 Å². The Bertz CT molecular complexity index is 810. The van der Waals surface area contributed by atoms with Gasteiger partial charge in [0.05, 0.1) is 12.7 Å². The average Bonchev–Trinajstić information content (AvgIpc) is 3.23. The summed E-state index contributed by atoms with van der Waals surface area (Å²) in [5.74, 6) is 0.737. The fourth-order valence-electron chi connectivity index (χ4n) is 3.74. The third-order valence-corrected chi connectivity index (χ3v) is 5.65. The van der Waals surface area contributed by atoms with Gasteiger partial charge in [-0.15, -0.1) is 0 Å². The van der Waals surface area contributed by atoms with Gasteiger partial charge in [-0.25, -0.2) is 4.99 Å². The molecule has 1 aliphatic rings. The van der Waals surface area contributed by atoms with Crippen molar-refractivity contribution in [1.82, 2.24) is 25.3 Å². The van der Waals surface area contributed by atoms with Gasteiger partial charge < -0.3 is 20.6 Å². The van der Waals surface area contributed by atoms with E-state index in [1.807, 2.05) is 20.2 Å². The summed E-state index contributed by atoms with van der Waals surface area (Å²) < 4.78 is 1.69. The highest BCUT2D eigenvalue weighted by Gasteiger charge is 2.24. The lowest BCUT2D eigenvalue weighted by Gasteiger charge is -2.36. The van der Waals surface area contributed by atoms with E-state index in [-0.39, 0.29) is 6.54 Å². The van der Waals surface area contributed by atoms with Gasteiger partial charge in [0.25, 0.3) is 0 Å². The molecule has 1 atom stereocenters. The van der Waals surface area contributed by atoms with Gasteiger partial charge in [0.2, 0.25) is 0 Å². The average molecular weight is 428 g/mol. The van der Waals surface area contributed by atoms with Gasteiger partial charge in [-0.2, -0.15) is 5.10 Å². The van der Waals surface area contributed by atoms with Crippen molar-refractivity contribution in [2.45, 2.75) is 25.9 Å². The molecule has 0 bridgehead atoms. The zero-order valence-corrected chi connectivity index (χ0v) is 19.1. The lowest BCUT2D eigenvalue weighted by atomic mass is 10.0. The first kappa shape index (κ1) is 23.1. The molecule has 0 amide bonds. The van der Waals surface area contributed by atoms with Gasteiger partial charge in [0.1, 0.15) is 5.60 Å². The Hall–Kier alpha value is -2.58. The van der Waals surface area contributed by atoms with Crippen molar-refractivity contribution in [2.75, 3.05) is 57.3 Å². The van der Waals surface area contributed by atoms with E-state index in [2.05, 4.69) is 60.9 Å². The molecule has 8 nitrogen and oxygen atoms in total. The van der Waals surface area contributed by atoms with Crippen LogP contribution in [0.5, 0.6) is 0 Å². The van der Waals surface area contributed by atoms with E-state index < -0.39 is 5.60 Å². The predicted molar refractivity (Wildman–Crippen MR) is 126 cm³/mol. The SMILES string of the molecule is CCNC(=NCC(C)(O)c1cnn(C)c1)NCCCN1CCN(c2ccccc2)CC1. The maximum Gasteiger partial charge on any atom is 0.191 e. The number of nitrogens with one attached hydrogen (secondary N) is 2. The van der Waals surface area contributed by atoms with Gasteiger partial charge in [-0.1, -0.05) is 18.2 Å². The van der Waals surface area contributed by atoms with Crippen molar-refractivity contribution in [3.63, 3.8) is 0 Å². The standard InChI is InChI=1S/C23H37N7O/c1-4-24-22(26-19-23(2,31)20-17-27-28(3)18-20)25-11-8-12-29-13-15-30(16-14-29)21-9-6-5-7-10-21/h5-7,9-10,17-18,31H,4,8,11-16,19H2,1-3H3,(H2,24,25,26). The Balaban J connectivity index is 1.39. The minimum absolute atomic E-state index is 0.273. The van der Waals surface area contributed by atoms with E-state index >= 15 is 0 Å². The number of nitrogens with zero attached hydrogens (tertiary/aromatic N) is 5. The van der Waals surface area contributed by atoms with Crippen LogP contribution in [0.4, 0.5) is 5.69 Å². The smallest absolute Gasteiger partial charge is 0.191 e. The van der Waals surface area contributed by atoms with E-state index in [4.69, 9.17) is 0 Å². The number of guanidine groups is 1. The van der Waals surface area contributed by atoms with E-state index in [1.54, 1.807) is 17.8 Å². The summed E-state index contributed by atoms with van der Waals surface area (Å²) >= 11 is 0. The lowest BCUT2D eigenvalue weighted by molar-refractivity contribution is 0.0672. The Morgan fingerprint density at radius 1 is 1.16 bits per heavy atom. The van der Waals surface area contributed by atoms with Crippen molar-refractivity contribution < 1.29 is 5.11 Å². The molecule has 0 saturated carbocycles. The molecule has 1 aliphatic heterocycles. The first-order valence-electron chi connectivity index (χ1n) is 11.2. The Kier molecular flexibility index (Phi) is 8.31. The lowest BCUT2D eigenvalue weighted by Crippen LogP contribution is -2.47. The minimum atomic E-state index is -1.05. The first-order chi connectivity index (χ1) is 15.0. The number of para-hydroxylation sites is 1. The highest BCUT2D eigenvalue weighted by atomic mass is 16.3. The summed E-state index contributed by atoms with van der Waals surface area (Å²) in [7, 11) is 1.84. The van der Waals surface area contributed by atoms with E-state index in [1.165, 1.54) is 5.69 Å². The van der Waals surface area contributed by atoms with Crippen LogP contribution in [0.2, 0.25) is 0 Å². The number of hydrogen-bond donors (Lipinski definition) is 3. The number of aromatic nitrogens is 2. The van der Waals surface area contributed by atoms with E-state index in [9.17, 15) is 5.11 Å². The number of aryl methyl sites for hydroxylation is 1. The number of piperazine rings is 1. The summed E-state index contributed by atoms with van der Waals surface area (Å²) in [5, 5.41) is 21.5. The largest absolute Gasteiger partial charge is 0.383 e. The van der Waals surface area contributed by atoms with Crippen molar-refractivity contribution in [3.05, 3.63) is 48.3 Å². The normalized spacial score (nSPS) is 17.4. The molecule has 0 aliphatic carbocycles. The van der Waals surface area contributed by atoms with Gasteiger partial charge >= 0.3 is 0 Å². The van der Waals surface area contributed by atoms with Crippen LogP contribution in [-0.2, 0) is 12.6 Å². The molecule has 3 N–H and O–H groups in total. The first-order valence-corrected chi connectivity index (χ1v) is 11.2. The minimum Gasteiger partial charge on any atom is -0.383 e. The second-order valence-corrected chi connectivity index (χ2v) is 8.32. The van der Waals surface area contributed by atoms with Gasteiger partial charge in [-0.3, -0.25) is 9.58 Å². The van der Waals surface area contributed by atoms with Crippen molar-refractivity contribution >= 4 is 11.6 Å². The van der Waals surface area contributed by atoms with Crippen LogP contribution in [0, 0.1) is 0 Å². The maximum atomic E-state index is 10.7. The van der Waals surface area contributed by atoms with Crippen LogP contribution >= 0.6 is 0 Å². The zero-order valence-electron chi connectivity index (χ0n) is 19.1. The number of hydrogen-bond acceptors (Lipinski definition) is 5. The molecule has 31 heavy (non-hydrogen) atoms. The fourth-order valence-corrected chi connectivity index (χ4v) is 3.74. The van der Waals surface area contributed by atoms with Crippen molar-refractivity contribution in [3.8, 4) is 0 Å². The molecule has 1 aromatic carbocycles. The Morgan fingerprint density at radius 2 is 1.90 bits per heavy atom. The predicted octanol–water partition coefficient (Wildman–Crippen LogP) is 1.40. The molecule has 1 fully saturated rings. The maximum absolute atomic E-state index is 10.7. The number of anilines is 1. The molecule has 0 spiro atoms. The molecule has 170 valence electrons. The monoisotopic (exact) mass is 427 g/mol. The molecule has 0 radical (unpaired) electrons. The van der Waals surface area contributed by atoms with Crippen LogP contribution in [0.3, 0.4) is 0 Å². The molecule has 8 heteroatoms. The van der Waals surface area contributed by atoms with E-state index in [0.717, 1.165) is 63.8 Å². The second-order valence-electron chi connectivity index (χ2n) is 8.32. The third-order valence-electron chi connectivity index (χ3n) is 5.65. The third kappa shape index (κ3) is 6.97. The second kappa shape index (κ2) is 11.2. The molecule has 2 heterocycles. The van der Waals surface area contributed by atoms with Gasteiger partial charge in [0.15, 0.2) is 5.96 Å². The van der Waals surface area contributed by atoms with Crippen LogP contribution in [0.25, 0.3) is 0 Å². The van der Waals surface area contributed by atoms with E-state index in [0.29, 0.717) is 0 Å². The molecular weight excluding hydrogens is 390 g/mol. The molecule has 3 rings (SSSR count). The molecule has 1 saturated heterocycles. The van der Waals surface area contributed by atoms with Crippen molar-refractivity contribution in [2.24, 2.45) is 12.0 Å². The summed E-state index contributed by atoms with van der Waals surface area (Å²) in [5.41, 5.74) is 1.04. The molecule has 1 aromatic heterocycles. The number of rotatable bonds is 9. The Labute approximate surface area is 186 Å². The summed E-state index contributed by atoms with van der Waals surface area (Å²) in [4.78, 5) is 9.57. The number of aliphatic hydroxyl groups is 1. The number of benzene rings is 1. The Morgan fingerprint density at radius 3 is 2.55 bits per heavy atom. The van der Waals surface area contributed by atoms with Crippen LogP contribution in [0.1, 0.15) is 25.8 Å². The molecular formula is C23H37N7O. The quantitative estimate of drug-likeness (QED) is 0.319. The number of aliphatic imine (C=N–C) groups is 1. The molecule has 2 aromatic rings. The summed E-state index contributed by atoms with van der Waals surface area (Å²) in [6.07, 6.45) is 4.57. The highest BCUT2D eigenvalue weighted by Crippen LogP contribution is 2.20. The van der Waals surface area contributed by atoms with Crippen LogP contribution < -0.4 is 15.5 Å². The van der Waals surface area contributed by atoms with Gasteiger partial charge in [0, 0.05) is 63.8 Å². The van der Waals surface area contributed by atoms with Gasteiger partial charge in [-0.05, 0) is 38.9 Å².